The second kappa shape index (κ2) is 8.87. The molecule has 0 bridgehead atoms. The van der Waals surface area contributed by atoms with E-state index in [1.54, 1.807) is 6.08 Å². The van der Waals surface area contributed by atoms with E-state index in [4.69, 9.17) is 4.74 Å². The summed E-state index contributed by atoms with van der Waals surface area (Å²) in [6, 6.07) is 19.5. The molecule has 1 saturated carbocycles. The average molecular weight is 346 g/mol. The van der Waals surface area contributed by atoms with Crippen molar-refractivity contribution < 1.29 is 9.53 Å². The van der Waals surface area contributed by atoms with Gasteiger partial charge in [0.05, 0.1) is 0 Å². The number of amides is 1. The maximum Gasteiger partial charge on any atom is 0.262 e. The van der Waals surface area contributed by atoms with Gasteiger partial charge in [-0.05, 0) is 42.2 Å². The van der Waals surface area contributed by atoms with Crippen molar-refractivity contribution >= 4 is 12.0 Å². The molecule has 1 aliphatic carbocycles. The number of rotatable bonds is 6. The highest BCUT2D eigenvalue weighted by Crippen LogP contribution is 2.19. The Labute approximate surface area is 154 Å². The fraction of sp³-hybridized carbons (Fsp3) is 0.273. The highest BCUT2D eigenvalue weighted by molar-refractivity contribution is 6.01. The third kappa shape index (κ3) is 4.97. The Hall–Kier alpha value is -3.06. The summed E-state index contributed by atoms with van der Waals surface area (Å²) in [7, 11) is 0. The Morgan fingerprint density at radius 2 is 1.81 bits per heavy atom. The van der Waals surface area contributed by atoms with Gasteiger partial charge in [0.15, 0.2) is 0 Å². The first-order valence-electron chi connectivity index (χ1n) is 8.94. The van der Waals surface area contributed by atoms with Gasteiger partial charge < -0.3 is 10.1 Å². The number of ether oxygens (including phenoxy) is 1. The van der Waals surface area contributed by atoms with E-state index in [9.17, 15) is 10.1 Å². The van der Waals surface area contributed by atoms with Gasteiger partial charge in [0.2, 0.25) is 0 Å². The van der Waals surface area contributed by atoms with Crippen LogP contribution in [-0.4, -0.2) is 11.9 Å². The first-order chi connectivity index (χ1) is 12.7. The minimum absolute atomic E-state index is 0.134. The molecule has 3 rings (SSSR count). The summed E-state index contributed by atoms with van der Waals surface area (Å²) in [5.74, 6) is 0.462. The van der Waals surface area contributed by atoms with E-state index in [0.29, 0.717) is 6.61 Å². The van der Waals surface area contributed by atoms with Crippen LogP contribution >= 0.6 is 0 Å². The maximum atomic E-state index is 12.2. The smallest absolute Gasteiger partial charge is 0.262 e. The summed E-state index contributed by atoms with van der Waals surface area (Å²) in [4.78, 5) is 12.2. The summed E-state index contributed by atoms with van der Waals surface area (Å²) in [5.41, 5.74) is 2.04. The summed E-state index contributed by atoms with van der Waals surface area (Å²) >= 11 is 0. The van der Waals surface area contributed by atoms with E-state index in [2.05, 4.69) is 5.32 Å². The van der Waals surface area contributed by atoms with Crippen LogP contribution in [0.2, 0.25) is 0 Å². The van der Waals surface area contributed by atoms with Crippen molar-refractivity contribution in [3.8, 4) is 11.8 Å². The van der Waals surface area contributed by atoms with Crippen LogP contribution in [-0.2, 0) is 11.4 Å². The Morgan fingerprint density at radius 1 is 1.12 bits per heavy atom. The molecule has 4 heteroatoms. The average Bonchev–Trinajstić information content (AvgIpc) is 3.19. The Morgan fingerprint density at radius 3 is 2.46 bits per heavy atom. The molecule has 26 heavy (non-hydrogen) atoms. The molecule has 2 aromatic rings. The molecule has 0 saturated heterocycles. The minimum Gasteiger partial charge on any atom is -0.489 e. The lowest BCUT2D eigenvalue weighted by atomic mass is 10.1. The van der Waals surface area contributed by atoms with Crippen LogP contribution in [0.4, 0.5) is 0 Å². The quantitative estimate of drug-likeness (QED) is 0.629. The molecule has 0 spiro atoms. The lowest BCUT2D eigenvalue weighted by Crippen LogP contribution is -2.33. The van der Waals surface area contributed by atoms with Gasteiger partial charge in [-0.2, -0.15) is 5.26 Å². The summed E-state index contributed by atoms with van der Waals surface area (Å²) < 4.78 is 5.75. The van der Waals surface area contributed by atoms with E-state index in [0.717, 1.165) is 42.6 Å². The third-order valence-electron chi connectivity index (χ3n) is 4.49. The molecule has 1 fully saturated rings. The number of hydrogen-bond donors (Lipinski definition) is 1. The monoisotopic (exact) mass is 346 g/mol. The van der Waals surface area contributed by atoms with Gasteiger partial charge in [0.1, 0.15) is 24.0 Å². The van der Waals surface area contributed by atoms with Gasteiger partial charge in [0.25, 0.3) is 5.91 Å². The normalized spacial score (nSPS) is 14.7. The third-order valence-corrected chi connectivity index (χ3v) is 4.49. The lowest BCUT2D eigenvalue weighted by Gasteiger charge is -2.11. The summed E-state index contributed by atoms with van der Waals surface area (Å²) in [6.45, 7) is 0.503. The van der Waals surface area contributed by atoms with Crippen LogP contribution < -0.4 is 10.1 Å². The second-order valence-electron chi connectivity index (χ2n) is 6.47. The lowest BCUT2D eigenvalue weighted by molar-refractivity contribution is -0.117. The highest BCUT2D eigenvalue weighted by atomic mass is 16.5. The van der Waals surface area contributed by atoms with Crippen LogP contribution in [0.1, 0.15) is 36.8 Å². The van der Waals surface area contributed by atoms with Crippen molar-refractivity contribution in [1.82, 2.24) is 5.32 Å². The SMILES string of the molecule is N#C/C(=C/c1ccc(OCc2ccccc2)cc1)C(=O)NC1CCCC1. The number of carbonyl (C=O) groups excluding carboxylic acids is 1. The van der Waals surface area contributed by atoms with Crippen molar-refractivity contribution in [3.05, 3.63) is 71.3 Å². The van der Waals surface area contributed by atoms with Crippen LogP contribution in [0.15, 0.2) is 60.2 Å². The molecule has 0 atom stereocenters. The zero-order valence-electron chi connectivity index (χ0n) is 14.7. The molecule has 0 unspecified atom stereocenters. The maximum absolute atomic E-state index is 12.2. The van der Waals surface area contributed by atoms with E-state index in [-0.39, 0.29) is 17.5 Å². The number of nitrogens with zero attached hydrogens (tertiary/aromatic N) is 1. The van der Waals surface area contributed by atoms with E-state index >= 15 is 0 Å². The van der Waals surface area contributed by atoms with Gasteiger partial charge in [-0.25, -0.2) is 0 Å². The molecule has 1 amide bonds. The van der Waals surface area contributed by atoms with Gasteiger partial charge >= 0.3 is 0 Å². The predicted octanol–water partition coefficient (Wildman–Crippen LogP) is 4.23. The van der Waals surface area contributed by atoms with Gasteiger partial charge in [-0.15, -0.1) is 0 Å². The number of hydrogen-bond acceptors (Lipinski definition) is 3. The number of carbonyl (C=O) groups is 1. The molecule has 2 aromatic carbocycles. The van der Waals surface area contributed by atoms with Crippen LogP contribution in [0.25, 0.3) is 6.08 Å². The van der Waals surface area contributed by atoms with E-state index in [1.165, 1.54) is 0 Å². The van der Waals surface area contributed by atoms with Gasteiger partial charge in [0, 0.05) is 6.04 Å². The van der Waals surface area contributed by atoms with Crippen molar-refractivity contribution in [2.75, 3.05) is 0 Å². The first kappa shape index (κ1) is 17.8. The van der Waals surface area contributed by atoms with Gasteiger partial charge in [-0.1, -0.05) is 55.3 Å². The number of nitrogens with one attached hydrogen (secondary N) is 1. The standard InChI is InChI=1S/C22H22N2O2/c23-15-19(22(25)24-20-8-4-5-9-20)14-17-10-12-21(13-11-17)26-16-18-6-2-1-3-7-18/h1-3,6-7,10-14,20H,4-5,8-9,16H2,(H,24,25)/b19-14-. The van der Waals surface area contributed by atoms with E-state index in [1.807, 2.05) is 60.7 Å². The topological polar surface area (TPSA) is 62.1 Å². The molecular weight excluding hydrogens is 324 g/mol. The Bertz CT molecular complexity index is 798. The van der Waals surface area contributed by atoms with Crippen LogP contribution in [0, 0.1) is 11.3 Å². The molecule has 0 heterocycles. The molecular formula is C22H22N2O2. The van der Waals surface area contributed by atoms with Crippen LogP contribution in [0.3, 0.4) is 0 Å². The van der Waals surface area contributed by atoms with Crippen molar-refractivity contribution in [2.45, 2.75) is 38.3 Å². The van der Waals surface area contributed by atoms with Crippen molar-refractivity contribution in [1.29, 1.82) is 5.26 Å². The molecule has 132 valence electrons. The van der Waals surface area contributed by atoms with E-state index < -0.39 is 0 Å². The summed E-state index contributed by atoms with van der Waals surface area (Å²) in [6.07, 6.45) is 5.89. The number of benzene rings is 2. The Balaban J connectivity index is 1.60. The fourth-order valence-corrected chi connectivity index (χ4v) is 3.05. The Kier molecular flexibility index (Phi) is 6.05. The zero-order chi connectivity index (χ0) is 18.2. The molecule has 4 nitrogen and oxygen atoms in total. The predicted molar refractivity (Wildman–Crippen MR) is 101 cm³/mol. The molecule has 1 N–H and O–H groups in total. The van der Waals surface area contributed by atoms with Crippen molar-refractivity contribution in [3.63, 3.8) is 0 Å². The molecule has 0 radical (unpaired) electrons. The van der Waals surface area contributed by atoms with Crippen LogP contribution in [0.5, 0.6) is 5.75 Å². The molecule has 0 aromatic heterocycles. The first-order valence-corrected chi connectivity index (χ1v) is 8.94. The minimum atomic E-state index is -0.288. The zero-order valence-corrected chi connectivity index (χ0v) is 14.7. The highest BCUT2D eigenvalue weighted by Gasteiger charge is 2.19. The second-order valence-corrected chi connectivity index (χ2v) is 6.47. The molecule has 0 aliphatic heterocycles. The molecule has 1 aliphatic rings. The fourth-order valence-electron chi connectivity index (χ4n) is 3.05. The number of nitriles is 1. The summed E-state index contributed by atoms with van der Waals surface area (Å²) in [5, 5.41) is 12.2. The van der Waals surface area contributed by atoms with Crippen molar-refractivity contribution in [2.24, 2.45) is 0 Å². The van der Waals surface area contributed by atoms with Gasteiger partial charge in [-0.3, -0.25) is 4.79 Å². The largest absolute Gasteiger partial charge is 0.489 e.